The van der Waals surface area contributed by atoms with Gasteiger partial charge >= 0.3 is 0 Å². The molecule has 0 bridgehead atoms. The molecule has 32 heavy (non-hydrogen) atoms. The third kappa shape index (κ3) is 4.87. The van der Waals surface area contributed by atoms with E-state index in [4.69, 9.17) is 26.4 Å². The number of hydrogen-bond acceptors (Lipinski definition) is 5. The smallest absolute Gasteiger partial charge is 0.253 e. The molecular weight excluding hydrogens is 426 g/mol. The first-order valence-corrected chi connectivity index (χ1v) is 10.9. The fraction of sp³-hybridized carbons (Fsp3) is 0.333. The van der Waals surface area contributed by atoms with Gasteiger partial charge in [-0.1, -0.05) is 12.1 Å². The number of benzene rings is 2. The van der Waals surface area contributed by atoms with Crippen LogP contribution in [0.15, 0.2) is 41.2 Å². The highest BCUT2D eigenvalue weighted by Gasteiger charge is 2.18. The third-order valence-corrected chi connectivity index (χ3v) is 5.83. The first-order chi connectivity index (χ1) is 15.4. The number of nitrogens with one attached hydrogen (secondary N) is 2. The summed E-state index contributed by atoms with van der Waals surface area (Å²) in [6.07, 6.45) is 0. The highest BCUT2D eigenvalue weighted by molar-refractivity contribution is 7.80. The molecule has 2 N–H and O–H groups in total. The standard InChI is InChI=1S/C24H27N3O4S/c1-15-8-16(2)19-11-18(23(28)26-20(19)9-15)13-27(24(32)25-6-7-29-3)12-17-4-5-21-22(10-17)31-14-30-21/h4-5,8-11H,6-7,12-14H2,1-3H3,(H,25,32)(H,26,28). The number of H-pyrrole nitrogens is 1. The predicted octanol–water partition coefficient (Wildman–Crippen LogP) is 3.40. The van der Waals surface area contributed by atoms with Gasteiger partial charge in [-0.25, -0.2) is 0 Å². The number of pyridine rings is 1. The van der Waals surface area contributed by atoms with Crippen LogP contribution in [0, 0.1) is 13.8 Å². The molecule has 1 aliphatic heterocycles. The van der Waals surface area contributed by atoms with Crippen LogP contribution in [0.3, 0.4) is 0 Å². The maximum absolute atomic E-state index is 12.9. The Morgan fingerprint density at radius 2 is 1.97 bits per heavy atom. The first kappa shape index (κ1) is 22.1. The summed E-state index contributed by atoms with van der Waals surface area (Å²) in [5.41, 5.74) is 4.64. The molecule has 0 radical (unpaired) electrons. The first-order valence-electron chi connectivity index (χ1n) is 10.5. The SMILES string of the molecule is COCCNC(=S)N(Cc1ccc2c(c1)OCO2)Cc1cc2c(C)cc(C)cc2[nH]c1=O. The Kier molecular flexibility index (Phi) is 6.62. The molecule has 0 fully saturated rings. The van der Waals surface area contributed by atoms with E-state index in [1.165, 1.54) is 0 Å². The van der Waals surface area contributed by atoms with E-state index in [0.717, 1.165) is 39.1 Å². The molecule has 0 amide bonds. The molecule has 1 aromatic heterocycles. The lowest BCUT2D eigenvalue weighted by molar-refractivity contribution is 0.174. The molecule has 0 saturated carbocycles. The second-order valence-corrected chi connectivity index (χ2v) is 8.32. The van der Waals surface area contributed by atoms with Crippen molar-refractivity contribution >= 4 is 28.2 Å². The van der Waals surface area contributed by atoms with Gasteiger partial charge in [-0.15, -0.1) is 0 Å². The number of fused-ring (bicyclic) bond motifs is 2. The van der Waals surface area contributed by atoms with Gasteiger partial charge in [0, 0.05) is 36.7 Å². The number of hydrogen-bond donors (Lipinski definition) is 2. The van der Waals surface area contributed by atoms with Crippen molar-refractivity contribution in [1.82, 2.24) is 15.2 Å². The minimum absolute atomic E-state index is 0.113. The second kappa shape index (κ2) is 9.58. The number of methoxy groups -OCH3 is 1. The molecular formula is C24H27N3O4S. The normalized spacial score (nSPS) is 12.2. The van der Waals surface area contributed by atoms with E-state index in [2.05, 4.69) is 23.3 Å². The van der Waals surface area contributed by atoms with Gasteiger partial charge in [0.15, 0.2) is 16.6 Å². The number of aryl methyl sites for hydroxylation is 2. The van der Waals surface area contributed by atoms with Crippen LogP contribution in [0.4, 0.5) is 0 Å². The van der Waals surface area contributed by atoms with Crippen molar-refractivity contribution in [3.05, 3.63) is 69.0 Å². The van der Waals surface area contributed by atoms with E-state index in [1.807, 2.05) is 42.2 Å². The monoisotopic (exact) mass is 453 g/mol. The van der Waals surface area contributed by atoms with Crippen molar-refractivity contribution < 1.29 is 14.2 Å². The van der Waals surface area contributed by atoms with Gasteiger partial charge in [0.1, 0.15) is 0 Å². The highest BCUT2D eigenvalue weighted by Crippen LogP contribution is 2.33. The van der Waals surface area contributed by atoms with Gasteiger partial charge in [0.25, 0.3) is 5.56 Å². The van der Waals surface area contributed by atoms with Crippen molar-refractivity contribution in [3.63, 3.8) is 0 Å². The number of aromatic amines is 1. The molecule has 8 heteroatoms. The maximum atomic E-state index is 12.9. The van der Waals surface area contributed by atoms with Crippen LogP contribution in [0.2, 0.25) is 0 Å². The Hall–Kier alpha value is -3.10. The molecule has 0 saturated heterocycles. The zero-order valence-electron chi connectivity index (χ0n) is 18.5. The van der Waals surface area contributed by atoms with Gasteiger partial charge in [0.05, 0.1) is 13.2 Å². The summed E-state index contributed by atoms with van der Waals surface area (Å²) in [5, 5.41) is 4.81. The summed E-state index contributed by atoms with van der Waals surface area (Å²) in [5.74, 6) is 1.45. The van der Waals surface area contributed by atoms with Crippen molar-refractivity contribution in [2.45, 2.75) is 26.9 Å². The molecule has 0 unspecified atom stereocenters. The Labute approximate surface area is 192 Å². The number of ether oxygens (including phenoxy) is 3. The second-order valence-electron chi connectivity index (χ2n) is 7.94. The lowest BCUT2D eigenvalue weighted by atomic mass is 10.0. The average Bonchev–Trinajstić information content (AvgIpc) is 3.22. The van der Waals surface area contributed by atoms with Crippen LogP contribution >= 0.6 is 12.2 Å². The zero-order valence-corrected chi connectivity index (χ0v) is 19.3. The Balaban J connectivity index is 1.63. The van der Waals surface area contributed by atoms with Gasteiger partial charge in [0.2, 0.25) is 6.79 Å². The van der Waals surface area contributed by atoms with Crippen LogP contribution in [-0.2, 0) is 17.8 Å². The van der Waals surface area contributed by atoms with Crippen LogP contribution in [0.5, 0.6) is 11.5 Å². The molecule has 0 aliphatic carbocycles. The fourth-order valence-electron chi connectivity index (χ4n) is 3.87. The highest BCUT2D eigenvalue weighted by atomic mass is 32.1. The van der Waals surface area contributed by atoms with Crippen LogP contribution < -0.4 is 20.3 Å². The van der Waals surface area contributed by atoms with Crippen molar-refractivity contribution in [1.29, 1.82) is 0 Å². The van der Waals surface area contributed by atoms with E-state index >= 15 is 0 Å². The van der Waals surface area contributed by atoms with Gasteiger partial charge in [-0.3, -0.25) is 4.79 Å². The summed E-state index contributed by atoms with van der Waals surface area (Å²) in [4.78, 5) is 17.9. The maximum Gasteiger partial charge on any atom is 0.253 e. The Morgan fingerprint density at radius 3 is 2.78 bits per heavy atom. The van der Waals surface area contributed by atoms with E-state index in [-0.39, 0.29) is 12.4 Å². The van der Waals surface area contributed by atoms with Gasteiger partial charge < -0.3 is 29.4 Å². The fourth-order valence-corrected chi connectivity index (χ4v) is 4.10. The molecule has 1 aliphatic rings. The largest absolute Gasteiger partial charge is 0.454 e. The summed E-state index contributed by atoms with van der Waals surface area (Å²) in [6.45, 7) is 6.30. The van der Waals surface area contributed by atoms with Gasteiger partial charge in [-0.2, -0.15) is 0 Å². The topological polar surface area (TPSA) is 75.8 Å². The van der Waals surface area contributed by atoms with Crippen molar-refractivity contribution in [2.75, 3.05) is 27.1 Å². The molecule has 0 spiro atoms. The van der Waals surface area contributed by atoms with Crippen LogP contribution in [-0.4, -0.2) is 42.1 Å². The average molecular weight is 454 g/mol. The number of aromatic nitrogens is 1. The third-order valence-electron chi connectivity index (χ3n) is 5.43. The Morgan fingerprint density at radius 1 is 1.16 bits per heavy atom. The van der Waals surface area contributed by atoms with Crippen LogP contribution in [0.25, 0.3) is 10.9 Å². The zero-order chi connectivity index (χ0) is 22.7. The summed E-state index contributed by atoms with van der Waals surface area (Å²) in [6, 6.07) is 11.9. The predicted molar refractivity (Wildman–Crippen MR) is 128 cm³/mol. The molecule has 7 nitrogen and oxygen atoms in total. The summed E-state index contributed by atoms with van der Waals surface area (Å²) in [7, 11) is 1.65. The number of nitrogens with zero attached hydrogens (tertiary/aromatic N) is 1. The molecule has 3 aromatic rings. The summed E-state index contributed by atoms with van der Waals surface area (Å²) >= 11 is 5.66. The van der Waals surface area contributed by atoms with E-state index in [0.29, 0.717) is 36.9 Å². The quantitative estimate of drug-likeness (QED) is 0.419. The Bertz CT molecular complexity index is 1210. The number of thiocarbonyl (C=S) groups is 1. The molecule has 2 heterocycles. The van der Waals surface area contributed by atoms with E-state index in [9.17, 15) is 4.79 Å². The molecule has 168 valence electrons. The number of rotatable bonds is 7. The molecule has 2 aromatic carbocycles. The van der Waals surface area contributed by atoms with Crippen molar-refractivity contribution in [3.8, 4) is 11.5 Å². The van der Waals surface area contributed by atoms with E-state index in [1.54, 1.807) is 7.11 Å². The van der Waals surface area contributed by atoms with Gasteiger partial charge in [-0.05, 0) is 67.0 Å². The molecule has 0 atom stereocenters. The minimum atomic E-state index is -0.113. The van der Waals surface area contributed by atoms with E-state index < -0.39 is 0 Å². The van der Waals surface area contributed by atoms with Crippen molar-refractivity contribution in [2.24, 2.45) is 0 Å². The summed E-state index contributed by atoms with van der Waals surface area (Å²) < 4.78 is 16.0. The minimum Gasteiger partial charge on any atom is -0.454 e. The lowest BCUT2D eigenvalue weighted by Crippen LogP contribution is -2.41. The van der Waals surface area contributed by atoms with Crippen LogP contribution in [0.1, 0.15) is 22.3 Å². The molecule has 4 rings (SSSR count). The lowest BCUT2D eigenvalue weighted by Gasteiger charge is -2.26.